The van der Waals surface area contributed by atoms with Crippen molar-refractivity contribution in [1.29, 1.82) is 0 Å². The van der Waals surface area contributed by atoms with Crippen LogP contribution in [0.3, 0.4) is 0 Å². The first-order valence-corrected chi connectivity index (χ1v) is 10.5. The molecule has 3 aromatic carbocycles. The number of aromatic nitrogens is 3. The number of carbonyl (C=O) groups is 1. The molecule has 0 aliphatic carbocycles. The molecule has 4 rings (SSSR count). The molecule has 0 radical (unpaired) electrons. The molecule has 0 bridgehead atoms. The van der Waals surface area contributed by atoms with Gasteiger partial charge in [0.2, 0.25) is 5.91 Å². The standard InChI is InChI=1S/C23H22N4OS/c1-3-27-22(20-11-7-4-8-16(20)2)25-26-23(27)29-15-21(28)24-19-13-12-17-9-5-6-10-18(17)14-19/h4-14H,3,15H2,1-2H3,(H,24,28). The van der Waals surface area contributed by atoms with Crippen molar-refractivity contribution in [2.45, 2.75) is 25.5 Å². The molecule has 1 N–H and O–H groups in total. The molecule has 0 fully saturated rings. The van der Waals surface area contributed by atoms with Gasteiger partial charge >= 0.3 is 0 Å². The molecule has 0 saturated heterocycles. The van der Waals surface area contributed by atoms with Gasteiger partial charge in [0.05, 0.1) is 5.75 Å². The van der Waals surface area contributed by atoms with Crippen LogP contribution in [-0.4, -0.2) is 26.4 Å². The Morgan fingerprint density at radius 2 is 1.76 bits per heavy atom. The predicted octanol–water partition coefficient (Wildman–Crippen LogP) is 5.16. The van der Waals surface area contributed by atoms with Crippen LogP contribution in [0, 0.1) is 6.92 Å². The van der Waals surface area contributed by atoms with E-state index in [1.807, 2.05) is 54.6 Å². The van der Waals surface area contributed by atoms with Crippen LogP contribution in [0.2, 0.25) is 0 Å². The number of hydrogen-bond acceptors (Lipinski definition) is 4. The highest BCUT2D eigenvalue weighted by atomic mass is 32.2. The molecule has 1 aromatic heterocycles. The molecule has 0 aliphatic heterocycles. The second kappa shape index (κ2) is 8.49. The molecule has 5 nitrogen and oxygen atoms in total. The summed E-state index contributed by atoms with van der Waals surface area (Å²) >= 11 is 1.40. The van der Waals surface area contributed by atoms with Gasteiger partial charge in [-0.15, -0.1) is 10.2 Å². The molecule has 0 aliphatic rings. The van der Waals surface area contributed by atoms with E-state index in [0.717, 1.165) is 45.1 Å². The summed E-state index contributed by atoms with van der Waals surface area (Å²) in [4.78, 5) is 12.5. The maximum atomic E-state index is 12.5. The van der Waals surface area contributed by atoms with Crippen molar-refractivity contribution < 1.29 is 4.79 Å². The molecule has 0 atom stereocenters. The Balaban J connectivity index is 1.46. The minimum atomic E-state index is -0.0617. The van der Waals surface area contributed by atoms with Crippen molar-refractivity contribution in [3.63, 3.8) is 0 Å². The number of carbonyl (C=O) groups excluding carboxylic acids is 1. The van der Waals surface area contributed by atoms with E-state index in [4.69, 9.17) is 0 Å². The van der Waals surface area contributed by atoms with Gasteiger partial charge in [0, 0.05) is 17.8 Å². The van der Waals surface area contributed by atoms with Gasteiger partial charge in [0.1, 0.15) is 0 Å². The molecule has 0 spiro atoms. The smallest absolute Gasteiger partial charge is 0.234 e. The molecule has 6 heteroatoms. The minimum Gasteiger partial charge on any atom is -0.325 e. The number of fused-ring (bicyclic) bond motifs is 1. The third-order valence-electron chi connectivity index (χ3n) is 4.78. The molecule has 29 heavy (non-hydrogen) atoms. The van der Waals surface area contributed by atoms with Crippen molar-refractivity contribution in [1.82, 2.24) is 14.8 Å². The summed E-state index contributed by atoms with van der Waals surface area (Å²) in [7, 11) is 0. The van der Waals surface area contributed by atoms with Crippen LogP contribution in [0.5, 0.6) is 0 Å². The number of nitrogens with one attached hydrogen (secondary N) is 1. The van der Waals surface area contributed by atoms with Crippen LogP contribution in [0.4, 0.5) is 5.69 Å². The number of aryl methyl sites for hydroxylation is 1. The zero-order chi connectivity index (χ0) is 20.2. The summed E-state index contributed by atoms with van der Waals surface area (Å²) in [5, 5.41) is 14.7. The maximum Gasteiger partial charge on any atom is 0.234 e. The van der Waals surface area contributed by atoms with Gasteiger partial charge in [-0.3, -0.25) is 4.79 Å². The predicted molar refractivity (Wildman–Crippen MR) is 119 cm³/mol. The topological polar surface area (TPSA) is 59.8 Å². The fraction of sp³-hybridized carbons (Fsp3) is 0.174. The van der Waals surface area contributed by atoms with E-state index in [2.05, 4.69) is 46.1 Å². The molecule has 1 heterocycles. The van der Waals surface area contributed by atoms with Crippen molar-refractivity contribution in [2.24, 2.45) is 0 Å². The molecule has 4 aromatic rings. The van der Waals surface area contributed by atoms with Crippen molar-refractivity contribution >= 4 is 34.1 Å². The normalized spacial score (nSPS) is 11.0. The average molecular weight is 403 g/mol. The summed E-state index contributed by atoms with van der Waals surface area (Å²) in [6.07, 6.45) is 0. The Hall–Kier alpha value is -3.12. The highest BCUT2D eigenvalue weighted by Gasteiger charge is 2.15. The molecular weight excluding hydrogens is 380 g/mol. The van der Waals surface area contributed by atoms with E-state index in [9.17, 15) is 4.79 Å². The second-order valence-electron chi connectivity index (χ2n) is 6.76. The van der Waals surface area contributed by atoms with E-state index in [1.165, 1.54) is 11.8 Å². The van der Waals surface area contributed by atoms with Gasteiger partial charge in [0.25, 0.3) is 0 Å². The van der Waals surface area contributed by atoms with E-state index in [0.29, 0.717) is 0 Å². The first-order valence-electron chi connectivity index (χ1n) is 9.56. The monoisotopic (exact) mass is 402 g/mol. The van der Waals surface area contributed by atoms with E-state index in [1.54, 1.807) is 0 Å². The lowest BCUT2D eigenvalue weighted by Gasteiger charge is -2.09. The number of rotatable bonds is 6. The molecule has 146 valence electrons. The quantitative estimate of drug-likeness (QED) is 0.453. The summed E-state index contributed by atoms with van der Waals surface area (Å²) in [6.45, 7) is 4.86. The Morgan fingerprint density at radius 3 is 2.55 bits per heavy atom. The lowest BCUT2D eigenvalue weighted by Crippen LogP contribution is -2.14. The van der Waals surface area contributed by atoms with E-state index in [-0.39, 0.29) is 11.7 Å². The Morgan fingerprint density at radius 1 is 1.00 bits per heavy atom. The summed E-state index contributed by atoms with van der Waals surface area (Å²) in [5.74, 6) is 1.05. The third kappa shape index (κ3) is 4.17. The van der Waals surface area contributed by atoms with Crippen LogP contribution in [0.25, 0.3) is 22.2 Å². The zero-order valence-corrected chi connectivity index (χ0v) is 17.2. The summed E-state index contributed by atoms with van der Waals surface area (Å²) in [5.41, 5.74) is 3.02. The van der Waals surface area contributed by atoms with Crippen LogP contribution >= 0.6 is 11.8 Å². The van der Waals surface area contributed by atoms with Gasteiger partial charge < -0.3 is 9.88 Å². The second-order valence-corrected chi connectivity index (χ2v) is 7.71. The van der Waals surface area contributed by atoms with Gasteiger partial charge in [-0.05, 0) is 42.3 Å². The van der Waals surface area contributed by atoms with Gasteiger partial charge in [-0.2, -0.15) is 0 Å². The number of nitrogens with zero attached hydrogens (tertiary/aromatic N) is 3. The van der Waals surface area contributed by atoms with Crippen LogP contribution in [-0.2, 0) is 11.3 Å². The first kappa shape index (κ1) is 19.2. The lowest BCUT2D eigenvalue weighted by atomic mass is 10.1. The first-order chi connectivity index (χ1) is 14.2. The summed E-state index contributed by atoms with van der Waals surface area (Å²) < 4.78 is 2.05. The zero-order valence-electron chi connectivity index (χ0n) is 16.4. The fourth-order valence-electron chi connectivity index (χ4n) is 3.30. The number of amides is 1. The molecule has 1 amide bonds. The Bertz CT molecular complexity index is 1170. The van der Waals surface area contributed by atoms with Crippen LogP contribution in [0.1, 0.15) is 12.5 Å². The van der Waals surface area contributed by atoms with E-state index < -0.39 is 0 Å². The Kier molecular flexibility index (Phi) is 5.62. The van der Waals surface area contributed by atoms with Crippen LogP contribution in [0.15, 0.2) is 71.9 Å². The number of hydrogen-bond donors (Lipinski definition) is 1. The largest absolute Gasteiger partial charge is 0.325 e. The molecular formula is C23H22N4OS. The lowest BCUT2D eigenvalue weighted by molar-refractivity contribution is -0.113. The number of thioether (sulfide) groups is 1. The van der Waals surface area contributed by atoms with E-state index >= 15 is 0 Å². The highest BCUT2D eigenvalue weighted by molar-refractivity contribution is 7.99. The van der Waals surface area contributed by atoms with Crippen molar-refractivity contribution in [3.8, 4) is 11.4 Å². The summed E-state index contributed by atoms with van der Waals surface area (Å²) in [6, 6.07) is 22.1. The fourth-order valence-corrected chi connectivity index (χ4v) is 4.10. The van der Waals surface area contributed by atoms with Gasteiger partial charge in [0.15, 0.2) is 11.0 Å². The minimum absolute atomic E-state index is 0.0617. The number of benzene rings is 3. The third-order valence-corrected chi connectivity index (χ3v) is 5.75. The average Bonchev–Trinajstić information content (AvgIpc) is 3.15. The van der Waals surface area contributed by atoms with Crippen molar-refractivity contribution in [3.05, 3.63) is 72.3 Å². The molecule has 0 unspecified atom stereocenters. The van der Waals surface area contributed by atoms with Gasteiger partial charge in [-0.1, -0.05) is 66.4 Å². The highest BCUT2D eigenvalue weighted by Crippen LogP contribution is 2.26. The van der Waals surface area contributed by atoms with Crippen molar-refractivity contribution in [2.75, 3.05) is 11.1 Å². The van der Waals surface area contributed by atoms with Gasteiger partial charge in [-0.25, -0.2) is 0 Å². The SMILES string of the molecule is CCn1c(SCC(=O)Nc2ccc3ccccc3c2)nnc1-c1ccccc1C. The number of anilines is 1. The Labute approximate surface area is 174 Å². The maximum absolute atomic E-state index is 12.5. The molecule has 0 saturated carbocycles. The van der Waals surface area contributed by atoms with Crippen LogP contribution < -0.4 is 5.32 Å².